The maximum Gasteiger partial charge on any atom is 0.220 e. The van der Waals surface area contributed by atoms with Gasteiger partial charge in [-0.2, -0.15) is 0 Å². The van der Waals surface area contributed by atoms with E-state index in [0.29, 0.717) is 22.7 Å². The number of hydrogen-bond acceptors (Lipinski definition) is 6. The number of methoxy groups -OCH3 is 1. The van der Waals surface area contributed by atoms with E-state index in [1.54, 1.807) is 25.4 Å². The molecule has 30 heavy (non-hydrogen) atoms. The summed E-state index contributed by atoms with van der Waals surface area (Å²) >= 11 is 0. The van der Waals surface area contributed by atoms with E-state index in [4.69, 9.17) is 15.9 Å². The quantitative estimate of drug-likeness (QED) is 0.492. The molecule has 0 radical (unpaired) electrons. The number of nitrogen functional groups attached to an aromatic ring is 1. The zero-order chi connectivity index (χ0) is 21.5. The molecule has 0 bridgehead atoms. The van der Waals surface area contributed by atoms with Crippen molar-refractivity contribution in [3.8, 4) is 0 Å². The number of ether oxygens (including phenoxy) is 1. The van der Waals surface area contributed by atoms with Crippen molar-refractivity contribution in [2.45, 2.75) is 26.2 Å². The number of nitrogens with zero attached hydrogens (tertiary/aromatic N) is 3. The minimum Gasteiger partial charge on any atom is -0.495 e. The third-order valence-electron chi connectivity index (χ3n) is 5.11. The number of benzene rings is 1. The number of nitrogens with two attached hydrogens (primary N) is 1. The summed E-state index contributed by atoms with van der Waals surface area (Å²) in [6.07, 6.45) is 10.8. The smallest absolute Gasteiger partial charge is 0.220 e. The van der Waals surface area contributed by atoms with Crippen molar-refractivity contribution in [3.05, 3.63) is 71.6 Å². The van der Waals surface area contributed by atoms with Gasteiger partial charge in [-0.1, -0.05) is 25.8 Å². The topological polar surface area (TPSA) is 88.1 Å². The number of hydrogen-bond donors (Lipinski definition) is 2. The van der Waals surface area contributed by atoms with E-state index in [9.17, 15) is 0 Å². The van der Waals surface area contributed by atoms with Crippen LogP contribution in [0.3, 0.4) is 0 Å². The van der Waals surface area contributed by atoms with Gasteiger partial charge in [-0.15, -0.1) is 0 Å². The van der Waals surface area contributed by atoms with Crippen molar-refractivity contribution in [2.24, 2.45) is 0 Å². The summed E-state index contributed by atoms with van der Waals surface area (Å²) in [5.74, 6) is 0.877. The van der Waals surface area contributed by atoms with Crippen LogP contribution in [-0.2, 0) is 4.74 Å². The van der Waals surface area contributed by atoms with Crippen molar-refractivity contribution in [3.63, 3.8) is 0 Å². The molecule has 0 saturated carbocycles. The highest BCUT2D eigenvalue weighted by molar-refractivity contribution is 6.16. The van der Waals surface area contributed by atoms with Gasteiger partial charge in [0.15, 0.2) is 0 Å². The maximum absolute atomic E-state index is 8.39. The van der Waals surface area contributed by atoms with Gasteiger partial charge in [-0.3, -0.25) is 0 Å². The van der Waals surface area contributed by atoms with Gasteiger partial charge in [0.05, 0.1) is 18.5 Å². The molecular formula is C24H29N5O. The van der Waals surface area contributed by atoms with Crippen LogP contribution in [-0.4, -0.2) is 36.4 Å². The standard InChI is InChI=1S/C24H29N5O/c1-4-5-6-15-29(2)19-10-7-17(8-11-19)23(30-3)20-16-18(9-12-21(20)25)22-13-14-27-24(26)28-22/h7-14,16,25H,4-6,15H2,1-3H3,(H2,26,27,28)/b23-20-,25-21?. The second-order valence-corrected chi connectivity index (χ2v) is 7.27. The fraction of sp³-hybridized carbons (Fsp3) is 0.292. The van der Waals surface area contributed by atoms with E-state index < -0.39 is 0 Å². The zero-order valence-corrected chi connectivity index (χ0v) is 17.9. The molecule has 0 fully saturated rings. The summed E-state index contributed by atoms with van der Waals surface area (Å²) < 4.78 is 5.72. The van der Waals surface area contributed by atoms with Crippen molar-refractivity contribution < 1.29 is 4.74 Å². The lowest BCUT2D eigenvalue weighted by atomic mass is 9.95. The first-order chi connectivity index (χ1) is 14.5. The predicted molar refractivity (Wildman–Crippen MR) is 124 cm³/mol. The first-order valence-electron chi connectivity index (χ1n) is 10.2. The van der Waals surface area contributed by atoms with E-state index in [1.165, 1.54) is 24.9 Å². The molecule has 0 aliphatic heterocycles. The van der Waals surface area contributed by atoms with Crippen LogP contribution in [0.5, 0.6) is 0 Å². The van der Waals surface area contributed by atoms with E-state index in [0.717, 1.165) is 17.7 Å². The molecule has 6 nitrogen and oxygen atoms in total. The van der Waals surface area contributed by atoms with Gasteiger partial charge in [-0.25, -0.2) is 9.97 Å². The first kappa shape index (κ1) is 21.3. The number of anilines is 2. The van der Waals surface area contributed by atoms with Crippen LogP contribution in [0.15, 0.2) is 60.3 Å². The Kier molecular flexibility index (Phi) is 7.01. The van der Waals surface area contributed by atoms with Crippen molar-refractivity contribution in [2.75, 3.05) is 31.3 Å². The molecule has 1 aromatic carbocycles. The van der Waals surface area contributed by atoms with E-state index in [1.807, 2.05) is 24.3 Å². The van der Waals surface area contributed by atoms with Gasteiger partial charge in [0, 0.05) is 42.2 Å². The Balaban J connectivity index is 1.91. The minimum absolute atomic E-state index is 0.221. The van der Waals surface area contributed by atoms with E-state index in [-0.39, 0.29) is 5.95 Å². The molecule has 0 spiro atoms. The predicted octanol–water partition coefficient (Wildman–Crippen LogP) is 4.72. The molecule has 156 valence electrons. The molecule has 2 aromatic rings. The summed E-state index contributed by atoms with van der Waals surface area (Å²) in [6, 6.07) is 10.1. The van der Waals surface area contributed by atoms with Crippen molar-refractivity contribution in [1.29, 1.82) is 5.41 Å². The van der Waals surface area contributed by atoms with Crippen LogP contribution < -0.4 is 10.6 Å². The molecule has 1 aliphatic rings. The SMILES string of the molecule is CCCCCN(C)c1ccc(/C(OC)=C2\C=C(c3ccnc(N)n3)C=CC2=N)cc1. The lowest BCUT2D eigenvalue weighted by Gasteiger charge is -2.20. The van der Waals surface area contributed by atoms with Crippen LogP contribution in [0.4, 0.5) is 11.6 Å². The average molecular weight is 404 g/mol. The Bertz CT molecular complexity index is 989. The molecule has 3 N–H and O–H groups in total. The van der Waals surface area contributed by atoms with Crippen LogP contribution in [0, 0.1) is 5.41 Å². The number of aromatic nitrogens is 2. The van der Waals surface area contributed by atoms with Gasteiger partial charge in [0.2, 0.25) is 5.95 Å². The third-order valence-corrected chi connectivity index (χ3v) is 5.11. The summed E-state index contributed by atoms with van der Waals surface area (Å²) in [5.41, 5.74) is 10.5. The molecule has 0 amide bonds. The first-order valence-corrected chi connectivity index (χ1v) is 10.2. The third kappa shape index (κ3) is 4.95. The molecule has 3 rings (SSSR count). The molecule has 1 aromatic heterocycles. The number of unbranched alkanes of at least 4 members (excludes halogenated alkanes) is 2. The zero-order valence-electron chi connectivity index (χ0n) is 17.9. The Hall–Kier alpha value is -3.41. The Morgan fingerprint density at radius 3 is 2.57 bits per heavy atom. The molecular weight excluding hydrogens is 374 g/mol. The highest BCUT2D eigenvalue weighted by Crippen LogP contribution is 2.29. The van der Waals surface area contributed by atoms with Crippen LogP contribution in [0.2, 0.25) is 0 Å². The van der Waals surface area contributed by atoms with E-state index >= 15 is 0 Å². The van der Waals surface area contributed by atoms with Gasteiger partial charge in [0.25, 0.3) is 0 Å². The fourth-order valence-corrected chi connectivity index (χ4v) is 3.40. The number of nitrogens with one attached hydrogen (secondary N) is 1. The largest absolute Gasteiger partial charge is 0.495 e. The Morgan fingerprint density at radius 1 is 1.13 bits per heavy atom. The maximum atomic E-state index is 8.39. The molecule has 0 atom stereocenters. The van der Waals surface area contributed by atoms with Gasteiger partial charge < -0.3 is 20.8 Å². The Labute approximate surface area is 178 Å². The van der Waals surface area contributed by atoms with Gasteiger partial charge in [-0.05, 0) is 48.9 Å². The second-order valence-electron chi connectivity index (χ2n) is 7.27. The van der Waals surface area contributed by atoms with Crippen LogP contribution in [0.25, 0.3) is 11.3 Å². The molecule has 1 heterocycles. The average Bonchev–Trinajstić information content (AvgIpc) is 2.76. The lowest BCUT2D eigenvalue weighted by Crippen LogP contribution is -2.18. The molecule has 6 heteroatoms. The monoisotopic (exact) mass is 403 g/mol. The Morgan fingerprint density at radius 2 is 1.90 bits per heavy atom. The summed E-state index contributed by atoms with van der Waals surface area (Å²) in [4.78, 5) is 10.5. The second kappa shape index (κ2) is 9.87. The minimum atomic E-state index is 0.221. The van der Waals surface area contributed by atoms with Crippen LogP contribution in [0.1, 0.15) is 37.4 Å². The highest BCUT2D eigenvalue weighted by Gasteiger charge is 2.17. The molecule has 0 saturated heterocycles. The van der Waals surface area contributed by atoms with Gasteiger partial charge >= 0.3 is 0 Å². The van der Waals surface area contributed by atoms with Crippen molar-refractivity contribution >= 4 is 28.7 Å². The highest BCUT2D eigenvalue weighted by atomic mass is 16.5. The van der Waals surface area contributed by atoms with Gasteiger partial charge in [0.1, 0.15) is 5.76 Å². The summed E-state index contributed by atoms with van der Waals surface area (Å²) in [6.45, 7) is 3.25. The van der Waals surface area contributed by atoms with Crippen molar-refractivity contribution in [1.82, 2.24) is 9.97 Å². The molecule has 1 aliphatic carbocycles. The van der Waals surface area contributed by atoms with E-state index in [2.05, 4.69) is 41.0 Å². The summed E-state index contributed by atoms with van der Waals surface area (Å²) in [5, 5.41) is 8.39. The lowest BCUT2D eigenvalue weighted by molar-refractivity contribution is 0.369. The van der Waals surface area contributed by atoms with Crippen LogP contribution >= 0.6 is 0 Å². The molecule has 0 unspecified atom stereocenters. The number of rotatable bonds is 8. The summed E-state index contributed by atoms with van der Waals surface area (Å²) in [7, 11) is 3.75. The normalized spacial score (nSPS) is 15.0. The number of allylic oxidation sites excluding steroid dienone is 5. The fourth-order valence-electron chi connectivity index (χ4n) is 3.40.